The van der Waals surface area contributed by atoms with Gasteiger partial charge in [-0.25, -0.2) is 0 Å². The zero-order chi connectivity index (χ0) is 26.2. The standard InChI is InChI=1S/C33H38N4/c1-6-24(4)33(35-30-18-16-26(17-19-30)25(5)34-21-20-23(2)3)29-14-12-28(13-15-29)32-22-31(36-37-32)27-10-8-7-9-11-27/h7-19,24,33-35H,2,5-6,20-22H2,1,3-4H3. The van der Waals surface area contributed by atoms with Gasteiger partial charge in [0.2, 0.25) is 0 Å². The van der Waals surface area contributed by atoms with E-state index in [1.807, 2.05) is 25.1 Å². The number of anilines is 1. The van der Waals surface area contributed by atoms with E-state index in [0.717, 1.165) is 65.3 Å². The van der Waals surface area contributed by atoms with Crippen LogP contribution in [0.2, 0.25) is 0 Å². The summed E-state index contributed by atoms with van der Waals surface area (Å²) < 4.78 is 0. The van der Waals surface area contributed by atoms with Gasteiger partial charge in [0.1, 0.15) is 0 Å². The molecule has 0 amide bonds. The lowest BCUT2D eigenvalue weighted by Gasteiger charge is -2.26. The fourth-order valence-corrected chi connectivity index (χ4v) is 4.45. The third kappa shape index (κ3) is 6.85. The summed E-state index contributed by atoms with van der Waals surface area (Å²) in [6.07, 6.45) is 2.79. The van der Waals surface area contributed by atoms with Crippen LogP contribution in [0.5, 0.6) is 0 Å². The SMILES string of the molecule is C=C(C)CCNC(=C)c1ccc(NC(c2ccc(C3=NN=C(c4ccccc4)C3)cc2)C(C)CC)cc1. The third-order valence-electron chi connectivity index (χ3n) is 7.00. The summed E-state index contributed by atoms with van der Waals surface area (Å²) in [4.78, 5) is 0. The van der Waals surface area contributed by atoms with Gasteiger partial charge in [0.25, 0.3) is 0 Å². The molecule has 4 nitrogen and oxygen atoms in total. The van der Waals surface area contributed by atoms with Crippen molar-refractivity contribution < 1.29 is 0 Å². The zero-order valence-electron chi connectivity index (χ0n) is 22.3. The molecule has 0 saturated heterocycles. The molecule has 0 bridgehead atoms. The Balaban J connectivity index is 1.41. The highest BCUT2D eigenvalue weighted by molar-refractivity contribution is 6.20. The number of rotatable bonds is 12. The van der Waals surface area contributed by atoms with Gasteiger partial charge in [-0.1, -0.05) is 99.2 Å². The largest absolute Gasteiger partial charge is 0.385 e. The fourth-order valence-electron chi connectivity index (χ4n) is 4.45. The van der Waals surface area contributed by atoms with Crippen molar-refractivity contribution in [1.82, 2.24) is 5.32 Å². The van der Waals surface area contributed by atoms with Gasteiger partial charge in [0.05, 0.1) is 17.5 Å². The summed E-state index contributed by atoms with van der Waals surface area (Å²) in [6.45, 7) is 15.6. The first-order chi connectivity index (χ1) is 17.9. The maximum absolute atomic E-state index is 4.48. The summed E-state index contributed by atoms with van der Waals surface area (Å²) in [6, 6.07) is 27.8. The number of hydrogen-bond donors (Lipinski definition) is 2. The molecule has 0 spiro atoms. The number of nitrogens with one attached hydrogen (secondary N) is 2. The Morgan fingerprint density at radius 2 is 1.49 bits per heavy atom. The first-order valence-electron chi connectivity index (χ1n) is 13.2. The number of hydrogen-bond acceptors (Lipinski definition) is 4. The van der Waals surface area contributed by atoms with E-state index in [2.05, 4.69) is 109 Å². The van der Waals surface area contributed by atoms with Crippen molar-refractivity contribution in [1.29, 1.82) is 0 Å². The second-order valence-corrected chi connectivity index (χ2v) is 9.96. The second-order valence-electron chi connectivity index (χ2n) is 9.96. The molecule has 2 unspecified atom stereocenters. The van der Waals surface area contributed by atoms with Crippen molar-refractivity contribution in [2.45, 2.75) is 46.1 Å². The minimum absolute atomic E-state index is 0.212. The molecule has 2 N–H and O–H groups in total. The normalized spacial score (nSPS) is 14.4. The van der Waals surface area contributed by atoms with E-state index in [4.69, 9.17) is 0 Å². The first-order valence-corrected chi connectivity index (χ1v) is 13.2. The Hall–Kier alpha value is -3.92. The zero-order valence-corrected chi connectivity index (χ0v) is 22.3. The van der Waals surface area contributed by atoms with Crippen molar-refractivity contribution in [2.24, 2.45) is 16.1 Å². The van der Waals surface area contributed by atoms with E-state index in [1.54, 1.807) is 0 Å². The first kappa shape index (κ1) is 26.2. The highest BCUT2D eigenvalue weighted by atomic mass is 15.2. The van der Waals surface area contributed by atoms with E-state index in [9.17, 15) is 0 Å². The minimum Gasteiger partial charge on any atom is -0.385 e. The third-order valence-corrected chi connectivity index (χ3v) is 7.00. The highest BCUT2D eigenvalue weighted by Gasteiger charge is 2.20. The lowest BCUT2D eigenvalue weighted by atomic mass is 9.90. The lowest BCUT2D eigenvalue weighted by molar-refractivity contribution is 0.482. The van der Waals surface area contributed by atoms with Crippen LogP contribution in [-0.2, 0) is 0 Å². The second kappa shape index (κ2) is 12.4. The van der Waals surface area contributed by atoms with Gasteiger partial charge in [0, 0.05) is 24.4 Å². The number of nitrogens with zero attached hydrogens (tertiary/aromatic N) is 2. The quantitative estimate of drug-likeness (QED) is 0.253. The smallest absolute Gasteiger partial charge is 0.0763 e. The molecule has 37 heavy (non-hydrogen) atoms. The van der Waals surface area contributed by atoms with Crippen LogP contribution < -0.4 is 10.6 Å². The van der Waals surface area contributed by atoms with Gasteiger partial charge in [-0.2, -0.15) is 10.2 Å². The molecule has 0 fully saturated rings. The lowest BCUT2D eigenvalue weighted by Crippen LogP contribution is -2.19. The topological polar surface area (TPSA) is 48.8 Å². The maximum atomic E-state index is 4.48. The molecule has 1 aliphatic heterocycles. The van der Waals surface area contributed by atoms with E-state index in [1.165, 1.54) is 11.1 Å². The molecule has 190 valence electrons. The average Bonchev–Trinajstić information content (AvgIpc) is 3.42. The monoisotopic (exact) mass is 490 g/mol. The van der Waals surface area contributed by atoms with E-state index >= 15 is 0 Å². The average molecular weight is 491 g/mol. The molecule has 3 aromatic rings. The fraction of sp³-hybridized carbons (Fsp3) is 0.273. The van der Waals surface area contributed by atoms with Crippen LogP contribution in [0.15, 0.2) is 108 Å². The molecular formula is C33H38N4. The van der Waals surface area contributed by atoms with Crippen LogP contribution in [0.1, 0.15) is 68.3 Å². The minimum atomic E-state index is 0.212. The van der Waals surface area contributed by atoms with Gasteiger partial charge in [0.15, 0.2) is 0 Å². The molecule has 0 aromatic heterocycles. The summed E-state index contributed by atoms with van der Waals surface area (Å²) in [7, 11) is 0. The van der Waals surface area contributed by atoms with Crippen LogP contribution in [0.3, 0.4) is 0 Å². The summed E-state index contributed by atoms with van der Waals surface area (Å²) in [5.41, 5.74) is 9.90. The molecule has 0 radical (unpaired) electrons. The Kier molecular flexibility index (Phi) is 8.73. The van der Waals surface area contributed by atoms with Crippen LogP contribution in [-0.4, -0.2) is 18.0 Å². The highest BCUT2D eigenvalue weighted by Crippen LogP contribution is 2.30. The summed E-state index contributed by atoms with van der Waals surface area (Å²) in [5, 5.41) is 16.1. The summed E-state index contributed by atoms with van der Waals surface area (Å²) in [5.74, 6) is 0.473. The van der Waals surface area contributed by atoms with Crippen molar-refractivity contribution in [2.75, 3.05) is 11.9 Å². The predicted octanol–water partition coefficient (Wildman–Crippen LogP) is 8.01. The van der Waals surface area contributed by atoms with Crippen molar-refractivity contribution in [3.05, 3.63) is 120 Å². The van der Waals surface area contributed by atoms with E-state index in [-0.39, 0.29) is 6.04 Å². The molecular weight excluding hydrogens is 452 g/mol. The van der Waals surface area contributed by atoms with Crippen molar-refractivity contribution in [3.63, 3.8) is 0 Å². The molecule has 0 aliphatic carbocycles. The van der Waals surface area contributed by atoms with Gasteiger partial charge in [-0.3, -0.25) is 0 Å². The Bertz CT molecular complexity index is 1270. The van der Waals surface area contributed by atoms with Crippen LogP contribution in [0, 0.1) is 5.92 Å². The molecule has 0 saturated carbocycles. The van der Waals surface area contributed by atoms with Crippen LogP contribution >= 0.6 is 0 Å². The Labute approximate surface area is 221 Å². The Morgan fingerprint density at radius 1 is 0.865 bits per heavy atom. The maximum Gasteiger partial charge on any atom is 0.0763 e. The van der Waals surface area contributed by atoms with Crippen LogP contribution in [0.4, 0.5) is 5.69 Å². The predicted molar refractivity (Wildman–Crippen MR) is 159 cm³/mol. The van der Waals surface area contributed by atoms with Crippen molar-refractivity contribution in [3.8, 4) is 0 Å². The molecule has 3 aromatic carbocycles. The van der Waals surface area contributed by atoms with E-state index in [0.29, 0.717) is 5.92 Å². The van der Waals surface area contributed by atoms with Crippen LogP contribution in [0.25, 0.3) is 5.70 Å². The van der Waals surface area contributed by atoms with E-state index < -0.39 is 0 Å². The molecule has 1 aliphatic rings. The molecule has 4 heteroatoms. The molecule has 1 heterocycles. The van der Waals surface area contributed by atoms with Crippen molar-refractivity contribution >= 4 is 22.8 Å². The van der Waals surface area contributed by atoms with Gasteiger partial charge >= 0.3 is 0 Å². The number of benzene rings is 3. The van der Waals surface area contributed by atoms with Gasteiger partial charge < -0.3 is 10.6 Å². The van der Waals surface area contributed by atoms with Gasteiger partial charge in [-0.15, -0.1) is 6.58 Å². The Morgan fingerprint density at radius 3 is 2.08 bits per heavy atom. The molecule has 4 rings (SSSR count). The van der Waals surface area contributed by atoms with Gasteiger partial charge in [-0.05, 0) is 53.6 Å². The molecule has 2 atom stereocenters. The summed E-state index contributed by atoms with van der Waals surface area (Å²) >= 11 is 0.